The minimum Gasteiger partial charge on any atom is -0.377 e. The highest BCUT2D eigenvalue weighted by molar-refractivity contribution is 9.09. The Labute approximate surface area is 106 Å². The lowest BCUT2D eigenvalue weighted by atomic mass is 10.0. The maximum atomic E-state index is 5.76. The van der Waals surface area contributed by atoms with E-state index in [9.17, 15) is 0 Å². The SMILES string of the molecule is Cc1ccc(CC(Br)C2CCCCO2)nc1. The third-order valence-electron chi connectivity index (χ3n) is 3.00. The van der Waals surface area contributed by atoms with Crippen LogP contribution in [0.15, 0.2) is 18.3 Å². The van der Waals surface area contributed by atoms with Gasteiger partial charge < -0.3 is 4.74 Å². The fraction of sp³-hybridized carbons (Fsp3) is 0.615. The lowest BCUT2D eigenvalue weighted by Crippen LogP contribution is -2.29. The number of nitrogens with zero attached hydrogens (tertiary/aromatic N) is 1. The molecule has 0 aliphatic carbocycles. The Balaban J connectivity index is 1.90. The van der Waals surface area contributed by atoms with E-state index in [0.717, 1.165) is 18.7 Å². The van der Waals surface area contributed by atoms with Crippen LogP contribution in [0, 0.1) is 6.92 Å². The van der Waals surface area contributed by atoms with Gasteiger partial charge in [0.25, 0.3) is 0 Å². The van der Waals surface area contributed by atoms with Gasteiger partial charge in [-0.2, -0.15) is 0 Å². The summed E-state index contributed by atoms with van der Waals surface area (Å²) >= 11 is 3.73. The van der Waals surface area contributed by atoms with Crippen LogP contribution in [0.4, 0.5) is 0 Å². The minimum atomic E-state index is 0.358. The molecule has 0 saturated carbocycles. The van der Waals surface area contributed by atoms with E-state index < -0.39 is 0 Å². The van der Waals surface area contributed by atoms with E-state index in [1.807, 2.05) is 6.20 Å². The second-order valence-corrected chi connectivity index (χ2v) is 5.63. The molecule has 0 radical (unpaired) electrons. The zero-order chi connectivity index (χ0) is 11.4. The van der Waals surface area contributed by atoms with E-state index in [1.165, 1.54) is 24.8 Å². The largest absolute Gasteiger partial charge is 0.377 e. The molecule has 88 valence electrons. The standard InChI is InChI=1S/C13H18BrNO/c1-10-5-6-11(15-9-10)8-12(14)13-4-2-3-7-16-13/h5-6,9,12-13H,2-4,7-8H2,1H3. The second kappa shape index (κ2) is 5.78. The summed E-state index contributed by atoms with van der Waals surface area (Å²) < 4.78 is 5.76. The molecule has 0 bridgehead atoms. The molecule has 2 heterocycles. The predicted octanol–water partition coefficient (Wildman–Crippen LogP) is 3.27. The van der Waals surface area contributed by atoms with Crippen LogP contribution in [-0.2, 0) is 11.2 Å². The van der Waals surface area contributed by atoms with Gasteiger partial charge in [0.2, 0.25) is 0 Å². The molecule has 2 rings (SSSR count). The van der Waals surface area contributed by atoms with Crippen LogP contribution < -0.4 is 0 Å². The average Bonchev–Trinajstić information content (AvgIpc) is 2.33. The van der Waals surface area contributed by atoms with E-state index in [1.54, 1.807) is 0 Å². The number of aromatic nitrogens is 1. The van der Waals surface area contributed by atoms with Crippen molar-refractivity contribution in [2.24, 2.45) is 0 Å². The molecular formula is C13H18BrNO. The molecule has 1 saturated heterocycles. The van der Waals surface area contributed by atoms with E-state index in [-0.39, 0.29) is 0 Å². The Bertz CT molecular complexity index is 319. The van der Waals surface area contributed by atoms with Crippen LogP contribution in [0.25, 0.3) is 0 Å². The molecule has 1 aliphatic rings. The van der Waals surface area contributed by atoms with Crippen molar-refractivity contribution in [2.45, 2.75) is 43.5 Å². The van der Waals surface area contributed by atoms with Crippen molar-refractivity contribution in [3.05, 3.63) is 29.6 Å². The average molecular weight is 284 g/mol. The third-order valence-corrected chi connectivity index (χ3v) is 3.91. The maximum Gasteiger partial charge on any atom is 0.0703 e. The first kappa shape index (κ1) is 12.1. The fourth-order valence-electron chi connectivity index (χ4n) is 2.00. The molecule has 0 amide bonds. The first-order valence-corrected chi connectivity index (χ1v) is 6.84. The summed E-state index contributed by atoms with van der Waals surface area (Å²) in [5.74, 6) is 0. The van der Waals surface area contributed by atoms with Crippen molar-refractivity contribution in [1.82, 2.24) is 4.98 Å². The fourth-order valence-corrected chi connectivity index (χ4v) is 2.75. The molecule has 1 aromatic rings. The molecule has 1 aromatic heterocycles. The molecule has 3 heteroatoms. The van der Waals surface area contributed by atoms with Crippen molar-refractivity contribution >= 4 is 15.9 Å². The topological polar surface area (TPSA) is 22.1 Å². The van der Waals surface area contributed by atoms with E-state index >= 15 is 0 Å². The van der Waals surface area contributed by atoms with Gasteiger partial charge in [-0.3, -0.25) is 4.98 Å². The normalized spacial score (nSPS) is 23.0. The summed E-state index contributed by atoms with van der Waals surface area (Å²) in [6.45, 7) is 2.97. The summed E-state index contributed by atoms with van der Waals surface area (Å²) in [6.07, 6.45) is 6.90. The second-order valence-electron chi connectivity index (χ2n) is 4.45. The number of aryl methyl sites for hydroxylation is 1. The van der Waals surface area contributed by atoms with Crippen LogP contribution in [0.5, 0.6) is 0 Å². The minimum absolute atomic E-state index is 0.358. The lowest BCUT2D eigenvalue weighted by Gasteiger charge is -2.26. The lowest BCUT2D eigenvalue weighted by molar-refractivity contribution is 0.0163. The Morgan fingerprint density at radius 3 is 3.00 bits per heavy atom. The van der Waals surface area contributed by atoms with Gasteiger partial charge in [0.15, 0.2) is 0 Å². The number of hydrogen-bond acceptors (Lipinski definition) is 2. The van der Waals surface area contributed by atoms with Crippen LogP contribution in [0.2, 0.25) is 0 Å². The van der Waals surface area contributed by atoms with Crippen LogP contribution in [0.1, 0.15) is 30.5 Å². The number of ether oxygens (including phenoxy) is 1. The van der Waals surface area contributed by atoms with Crippen molar-refractivity contribution < 1.29 is 4.74 Å². The van der Waals surface area contributed by atoms with Gasteiger partial charge in [0.1, 0.15) is 0 Å². The summed E-state index contributed by atoms with van der Waals surface area (Å²) in [6, 6.07) is 4.22. The smallest absolute Gasteiger partial charge is 0.0703 e. The molecule has 2 nitrogen and oxygen atoms in total. The Kier molecular flexibility index (Phi) is 4.36. The summed E-state index contributed by atoms with van der Waals surface area (Å²) in [5.41, 5.74) is 2.35. The van der Waals surface area contributed by atoms with Gasteiger partial charge in [-0.1, -0.05) is 22.0 Å². The first-order valence-electron chi connectivity index (χ1n) is 5.93. The van der Waals surface area contributed by atoms with Gasteiger partial charge in [-0.25, -0.2) is 0 Å². The molecule has 0 N–H and O–H groups in total. The number of rotatable bonds is 3. The zero-order valence-electron chi connectivity index (χ0n) is 9.66. The van der Waals surface area contributed by atoms with Gasteiger partial charge in [-0.15, -0.1) is 0 Å². The highest BCUT2D eigenvalue weighted by Crippen LogP contribution is 2.23. The summed E-state index contributed by atoms with van der Waals surface area (Å²) in [4.78, 5) is 4.82. The number of alkyl halides is 1. The first-order chi connectivity index (χ1) is 7.75. The van der Waals surface area contributed by atoms with E-state index in [4.69, 9.17) is 4.74 Å². The predicted molar refractivity (Wildman–Crippen MR) is 69.0 cm³/mol. The van der Waals surface area contributed by atoms with Crippen LogP contribution in [0.3, 0.4) is 0 Å². The Morgan fingerprint density at radius 1 is 1.50 bits per heavy atom. The molecule has 16 heavy (non-hydrogen) atoms. The van der Waals surface area contributed by atoms with Crippen molar-refractivity contribution in [3.63, 3.8) is 0 Å². The van der Waals surface area contributed by atoms with E-state index in [2.05, 4.69) is 40.0 Å². The summed E-state index contributed by atoms with van der Waals surface area (Å²) in [5, 5.41) is 0. The van der Waals surface area contributed by atoms with Gasteiger partial charge in [0, 0.05) is 29.7 Å². The Hall–Kier alpha value is -0.410. The van der Waals surface area contributed by atoms with Gasteiger partial charge in [0.05, 0.1) is 6.10 Å². The molecule has 2 unspecified atom stereocenters. The van der Waals surface area contributed by atoms with Gasteiger partial charge >= 0.3 is 0 Å². The molecular weight excluding hydrogens is 266 g/mol. The molecule has 0 spiro atoms. The highest BCUT2D eigenvalue weighted by Gasteiger charge is 2.22. The Morgan fingerprint density at radius 2 is 2.38 bits per heavy atom. The third kappa shape index (κ3) is 3.29. The van der Waals surface area contributed by atoms with E-state index in [0.29, 0.717) is 10.9 Å². The summed E-state index contributed by atoms with van der Waals surface area (Å²) in [7, 11) is 0. The maximum absolute atomic E-state index is 5.76. The zero-order valence-corrected chi connectivity index (χ0v) is 11.2. The van der Waals surface area contributed by atoms with Crippen molar-refractivity contribution in [3.8, 4) is 0 Å². The highest BCUT2D eigenvalue weighted by atomic mass is 79.9. The quantitative estimate of drug-likeness (QED) is 0.795. The van der Waals surface area contributed by atoms with Crippen molar-refractivity contribution in [1.29, 1.82) is 0 Å². The molecule has 1 aliphatic heterocycles. The number of hydrogen-bond donors (Lipinski definition) is 0. The molecule has 1 fully saturated rings. The molecule has 2 atom stereocenters. The number of halogens is 1. The van der Waals surface area contributed by atoms with Gasteiger partial charge in [-0.05, 0) is 37.8 Å². The van der Waals surface area contributed by atoms with Crippen LogP contribution >= 0.6 is 15.9 Å². The molecule has 0 aromatic carbocycles. The van der Waals surface area contributed by atoms with Crippen LogP contribution in [-0.4, -0.2) is 22.5 Å². The van der Waals surface area contributed by atoms with Crippen molar-refractivity contribution in [2.75, 3.05) is 6.61 Å². The monoisotopic (exact) mass is 283 g/mol. The number of pyridine rings is 1.